The Kier molecular flexibility index (Phi) is 3.30. The number of nitrogens with one attached hydrogen (secondary N) is 1. The summed E-state index contributed by atoms with van der Waals surface area (Å²) in [6.07, 6.45) is 0.819. The second-order valence-corrected chi connectivity index (χ2v) is 2.85. The molecule has 0 saturated carbocycles. The average Bonchev–Trinajstić information content (AvgIpc) is 2.14. The van der Waals surface area contributed by atoms with Gasteiger partial charge in [0.1, 0.15) is 5.75 Å². The van der Waals surface area contributed by atoms with Gasteiger partial charge in [0.2, 0.25) is 0 Å². The summed E-state index contributed by atoms with van der Waals surface area (Å²) in [5.74, 6) is 0.158. The van der Waals surface area contributed by atoms with Crippen LogP contribution in [-0.4, -0.2) is 18.7 Å². The van der Waals surface area contributed by atoms with E-state index in [1.807, 2.05) is 13.1 Å². The Hall–Kier alpha value is -1.53. The number of phenolic OH excluding ortho intramolecular Hbond substituents is 1. The zero-order valence-electron chi connectivity index (χ0n) is 7.54. The van der Waals surface area contributed by atoms with Gasteiger partial charge in [0, 0.05) is 0 Å². The normalized spacial score (nSPS) is 9.54. The van der Waals surface area contributed by atoms with E-state index in [0.29, 0.717) is 5.56 Å². The summed E-state index contributed by atoms with van der Waals surface area (Å²) in [7, 11) is 1.87. The van der Waals surface area contributed by atoms with Crippen molar-refractivity contribution in [2.45, 2.75) is 6.42 Å². The molecule has 1 aromatic rings. The lowest BCUT2D eigenvalue weighted by Crippen LogP contribution is -2.10. The largest absolute Gasteiger partial charge is 0.508 e. The second kappa shape index (κ2) is 4.48. The van der Waals surface area contributed by atoms with E-state index in [9.17, 15) is 5.11 Å². The van der Waals surface area contributed by atoms with Gasteiger partial charge in [0.25, 0.3) is 0 Å². The molecule has 0 unspecified atom stereocenters. The van der Waals surface area contributed by atoms with Crippen molar-refractivity contribution in [1.82, 2.24) is 5.32 Å². The van der Waals surface area contributed by atoms with Crippen LogP contribution in [-0.2, 0) is 6.42 Å². The number of likely N-dealkylation sites (N-methyl/N-ethyl adjacent to an activating group) is 1. The lowest BCUT2D eigenvalue weighted by Gasteiger charge is -2.02. The smallest absolute Gasteiger partial charge is 0.117 e. The standard InChI is InChI=1S/C10H12N2O/c1-12-3-2-8-4-9(7-11)6-10(13)5-8/h4-6,12-13H,2-3H2,1H3. The van der Waals surface area contributed by atoms with E-state index in [1.54, 1.807) is 12.1 Å². The van der Waals surface area contributed by atoms with Crippen LogP contribution in [0.25, 0.3) is 0 Å². The van der Waals surface area contributed by atoms with Crippen molar-refractivity contribution in [1.29, 1.82) is 5.26 Å². The molecular formula is C10H12N2O. The van der Waals surface area contributed by atoms with Gasteiger partial charge >= 0.3 is 0 Å². The third-order valence-electron chi connectivity index (χ3n) is 1.77. The fourth-order valence-corrected chi connectivity index (χ4v) is 1.15. The Labute approximate surface area is 77.6 Å². The Morgan fingerprint density at radius 3 is 2.85 bits per heavy atom. The molecule has 0 spiro atoms. The molecule has 1 rings (SSSR count). The van der Waals surface area contributed by atoms with Crippen LogP contribution in [0.5, 0.6) is 5.75 Å². The number of rotatable bonds is 3. The summed E-state index contributed by atoms with van der Waals surface area (Å²) in [4.78, 5) is 0. The first-order valence-electron chi connectivity index (χ1n) is 4.14. The van der Waals surface area contributed by atoms with E-state index in [0.717, 1.165) is 18.5 Å². The van der Waals surface area contributed by atoms with Crippen molar-refractivity contribution in [2.75, 3.05) is 13.6 Å². The molecule has 0 bridgehead atoms. The molecule has 0 aliphatic carbocycles. The Morgan fingerprint density at radius 2 is 2.23 bits per heavy atom. The lowest BCUT2D eigenvalue weighted by molar-refractivity contribution is 0.474. The average molecular weight is 176 g/mol. The minimum atomic E-state index is 0.158. The number of phenols is 1. The minimum Gasteiger partial charge on any atom is -0.508 e. The summed E-state index contributed by atoms with van der Waals surface area (Å²) >= 11 is 0. The Bertz CT molecular complexity index is 328. The number of hydrogen-bond donors (Lipinski definition) is 2. The zero-order valence-corrected chi connectivity index (χ0v) is 7.54. The lowest BCUT2D eigenvalue weighted by atomic mass is 10.1. The molecule has 0 atom stereocenters. The third kappa shape index (κ3) is 2.77. The van der Waals surface area contributed by atoms with Gasteiger partial charge < -0.3 is 10.4 Å². The van der Waals surface area contributed by atoms with Crippen LogP contribution in [0.4, 0.5) is 0 Å². The van der Waals surface area contributed by atoms with Crippen molar-refractivity contribution in [3.05, 3.63) is 29.3 Å². The van der Waals surface area contributed by atoms with E-state index in [2.05, 4.69) is 5.32 Å². The number of nitrogens with zero attached hydrogens (tertiary/aromatic N) is 1. The summed E-state index contributed by atoms with van der Waals surface area (Å²) in [6.45, 7) is 0.842. The minimum absolute atomic E-state index is 0.158. The molecule has 3 nitrogen and oxygen atoms in total. The van der Waals surface area contributed by atoms with Crippen LogP contribution in [0.3, 0.4) is 0 Å². The predicted molar refractivity (Wildman–Crippen MR) is 50.5 cm³/mol. The van der Waals surface area contributed by atoms with Crippen molar-refractivity contribution < 1.29 is 5.11 Å². The molecule has 0 saturated heterocycles. The van der Waals surface area contributed by atoms with E-state index in [4.69, 9.17) is 5.26 Å². The van der Waals surface area contributed by atoms with Crippen LogP contribution in [0.2, 0.25) is 0 Å². The third-order valence-corrected chi connectivity index (χ3v) is 1.77. The number of hydrogen-bond acceptors (Lipinski definition) is 3. The van der Waals surface area contributed by atoms with Crippen molar-refractivity contribution in [3.8, 4) is 11.8 Å². The summed E-state index contributed by atoms with van der Waals surface area (Å²) in [6, 6.07) is 6.93. The first kappa shape index (κ1) is 9.56. The fraction of sp³-hybridized carbons (Fsp3) is 0.300. The summed E-state index contributed by atoms with van der Waals surface area (Å²) in [5, 5.41) is 20.9. The molecule has 0 aliphatic heterocycles. The molecule has 2 N–H and O–H groups in total. The Balaban J connectivity index is 2.83. The zero-order chi connectivity index (χ0) is 9.68. The topological polar surface area (TPSA) is 56.0 Å². The van der Waals surface area contributed by atoms with Crippen LogP contribution in [0.15, 0.2) is 18.2 Å². The number of aromatic hydroxyl groups is 1. The summed E-state index contributed by atoms with van der Waals surface area (Å²) < 4.78 is 0. The predicted octanol–water partition coefficient (Wildman–Crippen LogP) is 1.03. The van der Waals surface area contributed by atoms with E-state index >= 15 is 0 Å². The molecule has 0 aromatic heterocycles. The second-order valence-electron chi connectivity index (χ2n) is 2.85. The van der Waals surface area contributed by atoms with Gasteiger partial charge in [-0.15, -0.1) is 0 Å². The molecule has 0 radical (unpaired) electrons. The molecule has 3 heteroatoms. The van der Waals surface area contributed by atoms with Crippen LogP contribution < -0.4 is 5.32 Å². The van der Waals surface area contributed by atoms with Crippen molar-refractivity contribution >= 4 is 0 Å². The number of nitriles is 1. The van der Waals surface area contributed by atoms with Crippen LogP contribution in [0, 0.1) is 11.3 Å². The SMILES string of the molecule is CNCCc1cc(O)cc(C#N)c1. The molecule has 0 heterocycles. The molecule has 68 valence electrons. The molecule has 13 heavy (non-hydrogen) atoms. The number of benzene rings is 1. The highest BCUT2D eigenvalue weighted by molar-refractivity contribution is 5.40. The molecular weight excluding hydrogens is 164 g/mol. The summed E-state index contributed by atoms with van der Waals surface area (Å²) in [5.41, 5.74) is 1.48. The van der Waals surface area contributed by atoms with Gasteiger partial charge in [-0.3, -0.25) is 0 Å². The van der Waals surface area contributed by atoms with Crippen molar-refractivity contribution in [2.24, 2.45) is 0 Å². The molecule has 1 aromatic carbocycles. The highest BCUT2D eigenvalue weighted by Gasteiger charge is 1.98. The maximum absolute atomic E-state index is 9.25. The fourth-order valence-electron chi connectivity index (χ4n) is 1.15. The van der Waals surface area contributed by atoms with Gasteiger partial charge in [-0.25, -0.2) is 0 Å². The molecule has 0 fully saturated rings. The molecule has 0 aliphatic rings. The van der Waals surface area contributed by atoms with Gasteiger partial charge in [0.05, 0.1) is 11.6 Å². The first-order valence-corrected chi connectivity index (χ1v) is 4.14. The highest BCUT2D eigenvalue weighted by atomic mass is 16.3. The van der Waals surface area contributed by atoms with Gasteiger partial charge in [0.15, 0.2) is 0 Å². The maximum Gasteiger partial charge on any atom is 0.117 e. The van der Waals surface area contributed by atoms with Gasteiger partial charge in [-0.2, -0.15) is 5.26 Å². The Morgan fingerprint density at radius 1 is 1.46 bits per heavy atom. The monoisotopic (exact) mass is 176 g/mol. The van der Waals surface area contributed by atoms with Crippen LogP contribution in [0.1, 0.15) is 11.1 Å². The highest BCUT2D eigenvalue weighted by Crippen LogP contribution is 2.15. The van der Waals surface area contributed by atoms with E-state index in [-0.39, 0.29) is 5.75 Å². The molecule has 0 amide bonds. The van der Waals surface area contributed by atoms with E-state index in [1.165, 1.54) is 6.07 Å². The van der Waals surface area contributed by atoms with Crippen molar-refractivity contribution in [3.63, 3.8) is 0 Å². The van der Waals surface area contributed by atoms with E-state index < -0.39 is 0 Å². The van der Waals surface area contributed by atoms with Gasteiger partial charge in [-0.05, 0) is 43.8 Å². The van der Waals surface area contributed by atoms with Gasteiger partial charge in [-0.1, -0.05) is 0 Å². The van der Waals surface area contributed by atoms with Crippen LogP contribution >= 0.6 is 0 Å². The first-order chi connectivity index (χ1) is 6.26. The maximum atomic E-state index is 9.25. The quantitative estimate of drug-likeness (QED) is 0.723.